The molecule has 1 unspecified atom stereocenters. The molecule has 1 aliphatic rings. The van der Waals surface area contributed by atoms with Gasteiger partial charge in [0.2, 0.25) is 10.0 Å². The summed E-state index contributed by atoms with van der Waals surface area (Å²) >= 11 is 0. The number of halogens is 6. The Morgan fingerprint density at radius 1 is 1.05 bits per heavy atom. The van der Waals surface area contributed by atoms with E-state index < -0.39 is 70.4 Å². The topological polar surface area (TPSA) is 118 Å². The van der Waals surface area contributed by atoms with Gasteiger partial charge in [-0.15, -0.1) is 0 Å². The molecule has 0 saturated carbocycles. The number of aliphatic hydroxyl groups is 1. The highest BCUT2D eigenvalue weighted by Crippen LogP contribution is 2.50. The van der Waals surface area contributed by atoms with Crippen LogP contribution in [0.1, 0.15) is 27.7 Å². The van der Waals surface area contributed by atoms with Gasteiger partial charge in [0.25, 0.3) is 5.91 Å². The van der Waals surface area contributed by atoms with Gasteiger partial charge in [-0.05, 0) is 42.8 Å². The number of pyridine rings is 1. The number of fused-ring (bicyclic) bond motifs is 2. The first-order valence-corrected chi connectivity index (χ1v) is 12.8. The molecule has 2 aromatic carbocycles. The first kappa shape index (κ1) is 28.2. The number of aromatic nitrogens is 1. The van der Waals surface area contributed by atoms with E-state index in [0.717, 1.165) is 17.4 Å². The maximum Gasteiger partial charge on any atom is 0.422 e. The van der Waals surface area contributed by atoms with Crippen LogP contribution in [-0.4, -0.2) is 56.2 Å². The molecule has 0 saturated heterocycles. The number of nitrogens with zero attached hydrogens (tertiary/aromatic N) is 2. The zero-order chi connectivity index (χ0) is 28.9. The maximum atomic E-state index is 13.6. The van der Waals surface area contributed by atoms with Crippen molar-refractivity contribution >= 4 is 38.2 Å². The Morgan fingerprint density at radius 3 is 2.23 bits per heavy atom. The molecule has 1 aliphatic heterocycles. The average molecular weight is 579 g/mol. The second-order valence-corrected chi connectivity index (χ2v) is 10.3. The Morgan fingerprint density at radius 2 is 1.67 bits per heavy atom. The van der Waals surface area contributed by atoms with Crippen LogP contribution in [0.15, 0.2) is 36.5 Å². The highest BCUT2D eigenvalue weighted by molar-refractivity contribution is 7.92. The fourth-order valence-corrected chi connectivity index (χ4v) is 4.69. The Balaban J connectivity index is 1.92. The number of carbonyl (C=O) groups is 1. The van der Waals surface area contributed by atoms with E-state index in [2.05, 4.69) is 9.71 Å². The Kier molecular flexibility index (Phi) is 7.06. The number of hydrogen-bond donors (Lipinski definition) is 2. The summed E-state index contributed by atoms with van der Waals surface area (Å²) in [6, 6.07) is 6.30. The summed E-state index contributed by atoms with van der Waals surface area (Å²) in [5.41, 5.74) is -1.25. The Labute approximate surface area is 217 Å². The minimum atomic E-state index is -4.85. The largest absolute Gasteiger partial charge is 0.483 e. The van der Waals surface area contributed by atoms with Gasteiger partial charge in [0.15, 0.2) is 25.2 Å². The van der Waals surface area contributed by atoms with Crippen LogP contribution < -0.4 is 19.1 Å². The van der Waals surface area contributed by atoms with Gasteiger partial charge in [-0.25, -0.2) is 8.42 Å². The van der Waals surface area contributed by atoms with Crippen molar-refractivity contribution in [1.82, 2.24) is 4.98 Å². The van der Waals surface area contributed by atoms with E-state index >= 15 is 0 Å². The molecule has 3 aromatic rings. The van der Waals surface area contributed by atoms with Crippen LogP contribution in [0.5, 0.6) is 11.5 Å². The highest BCUT2D eigenvalue weighted by Gasteiger charge is 2.45. The third kappa shape index (κ3) is 5.95. The lowest BCUT2D eigenvalue weighted by Crippen LogP contribution is -2.28. The third-order valence-corrected chi connectivity index (χ3v) is 6.07. The number of alkyl halides is 6. The number of carbonyl (C=O) groups excluding carboxylic acids is 1. The van der Waals surface area contributed by atoms with Crippen LogP contribution >= 0.6 is 0 Å². The number of amides is 1. The van der Waals surface area contributed by atoms with E-state index in [0.29, 0.717) is 0 Å². The molecule has 16 heteroatoms. The van der Waals surface area contributed by atoms with E-state index in [-0.39, 0.29) is 27.8 Å². The number of rotatable bonds is 7. The van der Waals surface area contributed by atoms with E-state index in [1.165, 1.54) is 37.3 Å². The van der Waals surface area contributed by atoms with Crippen molar-refractivity contribution in [3.8, 4) is 11.5 Å². The monoisotopic (exact) mass is 579 g/mol. The van der Waals surface area contributed by atoms with Crippen LogP contribution in [0, 0.1) is 6.92 Å². The lowest BCUT2D eigenvalue weighted by atomic mass is 10.0. The van der Waals surface area contributed by atoms with Crippen molar-refractivity contribution in [2.75, 3.05) is 29.1 Å². The molecule has 0 spiro atoms. The quantitative estimate of drug-likeness (QED) is 0.397. The number of ether oxygens (including phenoxy) is 2. The molecule has 1 amide bonds. The highest BCUT2D eigenvalue weighted by atomic mass is 32.2. The normalized spacial score (nSPS) is 16.0. The standard InChI is InChI=1S/C23H19F6N3O6S/c1-11-8-12(31-39(2,35)36)5-6-14(11)32-20(33)15-16(21(32)34)19(38-10-23(27,28)29)17-13(4-3-7-30-17)18(15)37-9-22(24,25)26/h3-8,20,31,33H,9-10H2,1-2H3. The molecule has 4 rings (SSSR count). The van der Waals surface area contributed by atoms with Crippen molar-refractivity contribution in [3.63, 3.8) is 0 Å². The number of aliphatic hydroxyl groups excluding tert-OH is 1. The molecule has 1 atom stereocenters. The molecule has 2 heterocycles. The lowest BCUT2D eigenvalue weighted by Gasteiger charge is -2.24. The Hall–Kier alpha value is -3.79. The fraction of sp³-hybridized carbons (Fsp3) is 0.304. The van der Waals surface area contributed by atoms with Crippen molar-refractivity contribution in [1.29, 1.82) is 0 Å². The zero-order valence-corrected chi connectivity index (χ0v) is 20.8. The second kappa shape index (κ2) is 9.75. The molecule has 2 N–H and O–H groups in total. The Bertz CT molecular complexity index is 1560. The molecule has 0 radical (unpaired) electrons. The molecule has 0 bridgehead atoms. The van der Waals surface area contributed by atoms with Crippen LogP contribution in [0.3, 0.4) is 0 Å². The SMILES string of the molecule is Cc1cc(NS(C)(=O)=O)ccc1N1C(=O)c2c(c(OCC(F)(F)F)c3cccnc3c2OCC(F)(F)F)C1O. The predicted octanol–water partition coefficient (Wildman–Crippen LogP) is 4.45. The van der Waals surface area contributed by atoms with Gasteiger partial charge in [0, 0.05) is 17.3 Å². The first-order valence-electron chi connectivity index (χ1n) is 10.9. The number of benzene rings is 2. The number of anilines is 2. The zero-order valence-electron chi connectivity index (χ0n) is 20.0. The number of nitrogens with one attached hydrogen (secondary N) is 1. The summed E-state index contributed by atoms with van der Waals surface area (Å²) in [6.45, 7) is -2.24. The summed E-state index contributed by atoms with van der Waals surface area (Å²) in [4.78, 5) is 18.2. The minimum absolute atomic E-state index is 0.0108. The van der Waals surface area contributed by atoms with E-state index in [1.54, 1.807) is 0 Å². The number of sulfonamides is 1. The van der Waals surface area contributed by atoms with Crippen molar-refractivity contribution < 1.29 is 54.1 Å². The molecular formula is C23H19F6N3O6S. The number of hydrogen-bond acceptors (Lipinski definition) is 7. The summed E-state index contributed by atoms with van der Waals surface area (Å²) in [5.74, 6) is -2.41. The summed E-state index contributed by atoms with van der Waals surface area (Å²) < 4.78 is 114. The van der Waals surface area contributed by atoms with Gasteiger partial charge < -0.3 is 14.6 Å². The van der Waals surface area contributed by atoms with E-state index in [9.17, 15) is 44.7 Å². The van der Waals surface area contributed by atoms with Crippen molar-refractivity contribution in [2.24, 2.45) is 0 Å². The molecular weight excluding hydrogens is 560 g/mol. The van der Waals surface area contributed by atoms with E-state index in [4.69, 9.17) is 9.47 Å². The van der Waals surface area contributed by atoms with E-state index in [1.807, 2.05) is 0 Å². The summed E-state index contributed by atoms with van der Waals surface area (Å²) in [5, 5.41) is 11.0. The summed E-state index contributed by atoms with van der Waals surface area (Å²) in [6.07, 6.45) is -9.66. The molecule has 1 aromatic heterocycles. The van der Waals surface area contributed by atoms with Gasteiger partial charge in [-0.1, -0.05) is 0 Å². The average Bonchev–Trinajstić information content (AvgIpc) is 3.04. The predicted molar refractivity (Wildman–Crippen MR) is 126 cm³/mol. The molecule has 9 nitrogen and oxygen atoms in total. The fourth-order valence-electron chi connectivity index (χ4n) is 4.14. The molecule has 210 valence electrons. The molecule has 0 aliphatic carbocycles. The minimum Gasteiger partial charge on any atom is -0.483 e. The third-order valence-electron chi connectivity index (χ3n) is 5.46. The van der Waals surface area contributed by atoms with Crippen LogP contribution in [0.2, 0.25) is 0 Å². The van der Waals surface area contributed by atoms with Gasteiger partial charge in [0.05, 0.1) is 23.1 Å². The van der Waals surface area contributed by atoms with Crippen molar-refractivity contribution in [3.05, 3.63) is 53.2 Å². The maximum absolute atomic E-state index is 13.6. The smallest absolute Gasteiger partial charge is 0.422 e. The van der Waals surface area contributed by atoms with Crippen LogP contribution in [-0.2, 0) is 10.0 Å². The van der Waals surface area contributed by atoms with Gasteiger partial charge in [-0.3, -0.25) is 19.4 Å². The summed E-state index contributed by atoms with van der Waals surface area (Å²) in [7, 11) is -3.67. The van der Waals surface area contributed by atoms with Gasteiger partial charge in [0.1, 0.15) is 11.3 Å². The lowest BCUT2D eigenvalue weighted by molar-refractivity contribution is -0.154. The number of aryl methyl sites for hydroxylation is 1. The first-order chi connectivity index (χ1) is 18.0. The van der Waals surface area contributed by atoms with Crippen molar-refractivity contribution in [2.45, 2.75) is 25.5 Å². The van der Waals surface area contributed by atoms with Crippen LogP contribution in [0.25, 0.3) is 10.9 Å². The second-order valence-electron chi connectivity index (χ2n) is 8.58. The van der Waals surface area contributed by atoms with Crippen LogP contribution in [0.4, 0.5) is 37.7 Å². The molecule has 39 heavy (non-hydrogen) atoms. The molecule has 0 fully saturated rings. The van der Waals surface area contributed by atoms with Gasteiger partial charge >= 0.3 is 12.4 Å². The van der Waals surface area contributed by atoms with Gasteiger partial charge in [-0.2, -0.15) is 26.3 Å².